The Bertz CT molecular complexity index is 772. The summed E-state index contributed by atoms with van der Waals surface area (Å²) < 4.78 is 13.3. The van der Waals surface area contributed by atoms with E-state index in [4.69, 9.17) is 0 Å². The van der Waals surface area contributed by atoms with Crippen molar-refractivity contribution in [3.63, 3.8) is 0 Å². The minimum atomic E-state index is -0.647. The molecule has 0 radical (unpaired) electrons. The number of nitrogens with one attached hydrogen (secondary N) is 2. The molecule has 1 aromatic heterocycles. The van der Waals surface area contributed by atoms with Gasteiger partial charge in [-0.05, 0) is 23.6 Å². The first-order valence-electron chi connectivity index (χ1n) is 7.29. The normalized spacial score (nSPS) is 16.9. The van der Waals surface area contributed by atoms with Crippen LogP contribution in [0.2, 0.25) is 0 Å². The van der Waals surface area contributed by atoms with Crippen LogP contribution in [0.15, 0.2) is 23.6 Å². The summed E-state index contributed by atoms with van der Waals surface area (Å²) in [5, 5.41) is 7.76. The number of anilines is 2. The van der Waals surface area contributed by atoms with E-state index in [1.54, 1.807) is 0 Å². The number of carbonyl (C=O) groups is 2. The molecule has 1 aromatic carbocycles. The van der Waals surface area contributed by atoms with Gasteiger partial charge in [0.15, 0.2) is 5.13 Å². The van der Waals surface area contributed by atoms with Crippen molar-refractivity contribution in [3.8, 4) is 0 Å². The van der Waals surface area contributed by atoms with Crippen molar-refractivity contribution in [2.45, 2.75) is 32.1 Å². The molecule has 0 aliphatic carbocycles. The Hall–Kier alpha value is -2.28. The van der Waals surface area contributed by atoms with Gasteiger partial charge in [0.05, 0.1) is 11.6 Å². The molecule has 2 amide bonds. The zero-order valence-electron chi connectivity index (χ0n) is 12.7. The highest BCUT2D eigenvalue weighted by molar-refractivity contribution is 7.13. The zero-order chi connectivity index (χ0) is 16.6. The molecule has 23 heavy (non-hydrogen) atoms. The maximum atomic E-state index is 13.3. The number of thiazole rings is 1. The smallest absolute Gasteiger partial charge is 0.234 e. The predicted octanol–water partition coefficient (Wildman–Crippen LogP) is 3.47. The number of aromatic nitrogens is 1. The molecule has 1 atom stereocenters. The molecule has 0 bridgehead atoms. The summed E-state index contributed by atoms with van der Waals surface area (Å²) in [6, 6.07) is 4.06. The molecule has 1 aliphatic heterocycles. The Balaban J connectivity index is 1.83. The Morgan fingerprint density at radius 3 is 2.96 bits per heavy atom. The largest absolute Gasteiger partial charge is 0.326 e. The molecule has 0 spiro atoms. The molecule has 7 heteroatoms. The van der Waals surface area contributed by atoms with Crippen molar-refractivity contribution >= 4 is 34.0 Å². The number of rotatable bonds is 3. The average molecular weight is 333 g/mol. The van der Waals surface area contributed by atoms with Crippen LogP contribution >= 0.6 is 11.3 Å². The lowest BCUT2D eigenvalue weighted by molar-refractivity contribution is -0.123. The molecule has 3 rings (SSSR count). The van der Waals surface area contributed by atoms with Crippen LogP contribution in [0, 0.1) is 5.82 Å². The van der Waals surface area contributed by atoms with E-state index in [1.807, 2.05) is 19.2 Å². The van der Waals surface area contributed by atoms with Crippen LogP contribution in [0.25, 0.3) is 0 Å². The number of benzene rings is 1. The number of nitrogens with zero attached hydrogens (tertiary/aromatic N) is 1. The molecule has 1 aliphatic rings. The van der Waals surface area contributed by atoms with Gasteiger partial charge < -0.3 is 10.6 Å². The van der Waals surface area contributed by atoms with E-state index in [-0.39, 0.29) is 24.2 Å². The molecule has 0 fully saturated rings. The Kier molecular flexibility index (Phi) is 4.12. The van der Waals surface area contributed by atoms with Gasteiger partial charge in [0.1, 0.15) is 5.82 Å². The van der Waals surface area contributed by atoms with Crippen LogP contribution in [0.1, 0.15) is 43.4 Å². The standard InChI is InChI=1S/C16H16FN3O2S/c1-8(2)13-7-23-16(19-13)20-15(22)11-6-14(21)18-12-5-9(17)3-4-10(11)12/h3-5,7-8,11H,6H2,1-2H3,(H,18,21)(H,19,20,22)/t11-/m0/s1. The predicted molar refractivity (Wildman–Crippen MR) is 87.2 cm³/mol. The number of halogens is 1. The summed E-state index contributed by atoms with van der Waals surface area (Å²) in [6.45, 7) is 4.05. The summed E-state index contributed by atoms with van der Waals surface area (Å²) in [5.74, 6) is -1.43. The van der Waals surface area contributed by atoms with Crippen molar-refractivity contribution in [2.75, 3.05) is 10.6 Å². The highest BCUT2D eigenvalue weighted by Gasteiger charge is 2.31. The fourth-order valence-corrected chi connectivity index (χ4v) is 3.35. The van der Waals surface area contributed by atoms with Gasteiger partial charge in [0.25, 0.3) is 0 Å². The number of amides is 2. The molecule has 0 unspecified atom stereocenters. The van der Waals surface area contributed by atoms with Crippen LogP contribution < -0.4 is 10.6 Å². The second kappa shape index (κ2) is 6.08. The van der Waals surface area contributed by atoms with Crippen LogP contribution in [0.5, 0.6) is 0 Å². The molecule has 120 valence electrons. The minimum Gasteiger partial charge on any atom is -0.326 e. The summed E-state index contributed by atoms with van der Waals surface area (Å²) in [5.41, 5.74) is 1.88. The molecule has 0 saturated carbocycles. The van der Waals surface area contributed by atoms with Crippen LogP contribution in [0.3, 0.4) is 0 Å². The molecule has 2 N–H and O–H groups in total. The first-order valence-corrected chi connectivity index (χ1v) is 8.17. The lowest BCUT2D eigenvalue weighted by Gasteiger charge is -2.24. The van der Waals surface area contributed by atoms with Gasteiger partial charge in [-0.3, -0.25) is 9.59 Å². The Morgan fingerprint density at radius 1 is 1.48 bits per heavy atom. The van der Waals surface area contributed by atoms with Crippen LogP contribution in [-0.4, -0.2) is 16.8 Å². The fourth-order valence-electron chi connectivity index (χ4n) is 2.47. The van der Waals surface area contributed by atoms with E-state index in [0.717, 1.165) is 5.69 Å². The number of carbonyl (C=O) groups excluding carboxylic acids is 2. The molecular formula is C16H16FN3O2S. The van der Waals surface area contributed by atoms with Gasteiger partial charge in [-0.1, -0.05) is 19.9 Å². The van der Waals surface area contributed by atoms with E-state index >= 15 is 0 Å². The summed E-state index contributed by atoms with van der Waals surface area (Å²) in [7, 11) is 0. The average Bonchev–Trinajstić information content (AvgIpc) is 2.94. The van der Waals surface area contributed by atoms with Crippen molar-refractivity contribution in [1.29, 1.82) is 0 Å². The van der Waals surface area contributed by atoms with Crippen molar-refractivity contribution in [2.24, 2.45) is 0 Å². The molecule has 2 heterocycles. The van der Waals surface area contributed by atoms with Crippen molar-refractivity contribution in [1.82, 2.24) is 4.98 Å². The first-order chi connectivity index (χ1) is 10.9. The summed E-state index contributed by atoms with van der Waals surface area (Å²) in [6.07, 6.45) is 0.0346. The lowest BCUT2D eigenvalue weighted by Crippen LogP contribution is -2.30. The Labute approximate surface area is 136 Å². The van der Waals surface area contributed by atoms with Gasteiger partial charge in [0, 0.05) is 17.5 Å². The molecule has 0 saturated heterocycles. The quantitative estimate of drug-likeness (QED) is 0.903. The van der Waals surface area contributed by atoms with Gasteiger partial charge in [0.2, 0.25) is 11.8 Å². The van der Waals surface area contributed by atoms with E-state index < -0.39 is 11.7 Å². The third-order valence-electron chi connectivity index (χ3n) is 3.71. The highest BCUT2D eigenvalue weighted by atomic mass is 32.1. The topological polar surface area (TPSA) is 71.1 Å². The second-order valence-electron chi connectivity index (χ2n) is 5.76. The van der Waals surface area contributed by atoms with Crippen molar-refractivity contribution < 1.29 is 14.0 Å². The van der Waals surface area contributed by atoms with Crippen molar-refractivity contribution in [3.05, 3.63) is 40.7 Å². The fraction of sp³-hybridized carbons (Fsp3) is 0.312. The van der Waals surface area contributed by atoms with Gasteiger partial charge in [-0.25, -0.2) is 9.37 Å². The molecule has 2 aromatic rings. The number of hydrogen-bond acceptors (Lipinski definition) is 4. The zero-order valence-corrected chi connectivity index (χ0v) is 13.5. The monoisotopic (exact) mass is 333 g/mol. The van der Waals surface area contributed by atoms with E-state index in [9.17, 15) is 14.0 Å². The molecular weight excluding hydrogens is 317 g/mol. The van der Waals surface area contributed by atoms with E-state index in [2.05, 4.69) is 15.6 Å². The number of hydrogen-bond donors (Lipinski definition) is 2. The lowest BCUT2D eigenvalue weighted by atomic mass is 9.90. The Morgan fingerprint density at radius 2 is 2.26 bits per heavy atom. The molecule has 5 nitrogen and oxygen atoms in total. The van der Waals surface area contributed by atoms with E-state index in [1.165, 1.54) is 29.5 Å². The van der Waals surface area contributed by atoms with Gasteiger partial charge >= 0.3 is 0 Å². The van der Waals surface area contributed by atoms with Crippen LogP contribution in [-0.2, 0) is 9.59 Å². The van der Waals surface area contributed by atoms with Gasteiger partial charge in [-0.15, -0.1) is 11.3 Å². The van der Waals surface area contributed by atoms with Gasteiger partial charge in [-0.2, -0.15) is 0 Å². The third-order valence-corrected chi connectivity index (χ3v) is 4.49. The summed E-state index contributed by atoms with van der Waals surface area (Å²) in [4.78, 5) is 28.7. The highest BCUT2D eigenvalue weighted by Crippen LogP contribution is 2.34. The number of fused-ring (bicyclic) bond motifs is 1. The maximum absolute atomic E-state index is 13.3. The first kappa shape index (κ1) is 15.6. The van der Waals surface area contributed by atoms with E-state index in [0.29, 0.717) is 16.4 Å². The third kappa shape index (κ3) is 3.24. The summed E-state index contributed by atoms with van der Waals surface area (Å²) >= 11 is 1.35. The SMILES string of the molecule is CC(C)c1csc(NC(=O)[C@H]2CC(=O)Nc3cc(F)ccc32)n1. The maximum Gasteiger partial charge on any atom is 0.234 e. The second-order valence-corrected chi connectivity index (χ2v) is 6.62. The minimum absolute atomic E-state index is 0.0346. The van der Waals surface area contributed by atoms with Crippen LogP contribution in [0.4, 0.5) is 15.2 Å².